The van der Waals surface area contributed by atoms with E-state index < -0.39 is 5.54 Å². The number of nitrogens with one attached hydrogen (secondary N) is 2. The molecule has 2 aromatic heterocycles. The molecular formula is C19H27N5O. The number of carbonyl (C=O) groups is 1. The van der Waals surface area contributed by atoms with E-state index in [1.807, 2.05) is 6.07 Å². The highest BCUT2D eigenvalue weighted by atomic mass is 16.1. The number of amides is 1. The van der Waals surface area contributed by atoms with Gasteiger partial charge in [0, 0.05) is 37.1 Å². The summed E-state index contributed by atoms with van der Waals surface area (Å²) in [6.45, 7) is 10.1. The zero-order valence-corrected chi connectivity index (χ0v) is 15.5. The first-order valence-corrected chi connectivity index (χ1v) is 8.87. The molecule has 0 bridgehead atoms. The van der Waals surface area contributed by atoms with Gasteiger partial charge in [-0.2, -0.15) is 0 Å². The number of fused-ring (bicyclic) bond motifs is 1. The number of piperidine rings is 1. The Morgan fingerprint density at radius 1 is 1.28 bits per heavy atom. The largest absolute Gasteiger partial charge is 0.345 e. The Balaban J connectivity index is 2.04. The molecule has 1 amide bonds. The Kier molecular flexibility index (Phi) is 4.73. The van der Waals surface area contributed by atoms with E-state index in [0.717, 1.165) is 24.0 Å². The van der Waals surface area contributed by atoms with E-state index in [-0.39, 0.29) is 11.3 Å². The van der Waals surface area contributed by atoms with Crippen molar-refractivity contribution in [2.24, 2.45) is 11.3 Å². The normalized spacial score (nSPS) is 24.2. The summed E-state index contributed by atoms with van der Waals surface area (Å²) in [6.07, 6.45) is 6.43. The molecule has 0 aromatic carbocycles. The third-order valence-corrected chi connectivity index (χ3v) is 4.57. The van der Waals surface area contributed by atoms with Crippen LogP contribution in [0.5, 0.6) is 0 Å². The van der Waals surface area contributed by atoms with Gasteiger partial charge in [0.15, 0.2) is 5.65 Å². The minimum atomic E-state index is -0.489. The second-order valence-corrected chi connectivity index (χ2v) is 8.39. The Bertz CT molecular complexity index is 764. The predicted octanol–water partition coefficient (Wildman–Crippen LogP) is 2.40. The van der Waals surface area contributed by atoms with Crippen LogP contribution in [0.1, 0.15) is 46.1 Å². The summed E-state index contributed by atoms with van der Waals surface area (Å²) in [6, 6.07) is 1.97. The zero-order chi connectivity index (χ0) is 18.1. The van der Waals surface area contributed by atoms with E-state index in [1.54, 1.807) is 18.6 Å². The average molecular weight is 341 g/mol. The van der Waals surface area contributed by atoms with Crippen LogP contribution in [-0.4, -0.2) is 33.9 Å². The molecule has 6 nitrogen and oxygen atoms in total. The molecule has 1 saturated heterocycles. The monoisotopic (exact) mass is 341 g/mol. The fourth-order valence-electron chi connectivity index (χ4n) is 3.69. The highest BCUT2D eigenvalue weighted by Crippen LogP contribution is 2.34. The van der Waals surface area contributed by atoms with Crippen LogP contribution in [-0.2, 0) is 10.3 Å². The summed E-state index contributed by atoms with van der Waals surface area (Å²) in [4.78, 5) is 25.9. The van der Waals surface area contributed by atoms with E-state index >= 15 is 0 Å². The highest BCUT2D eigenvalue weighted by Gasteiger charge is 2.40. The number of aromatic nitrogens is 3. The number of rotatable bonds is 3. The fourth-order valence-corrected chi connectivity index (χ4v) is 3.69. The van der Waals surface area contributed by atoms with Crippen molar-refractivity contribution < 1.29 is 4.79 Å². The van der Waals surface area contributed by atoms with E-state index in [0.29, 0.717) is 24.5 Å². The third-order valence-electron chi connectivity index (χ3n) is 4.57. The second kappa shape index (κ2) is 6.67. The average Bonchev–Trinajstić information content (AvgIpc) is 2.52. The van der Waals surface area contributed by atoms with Gasteiger partial charge in [0.1, 0.15) is 5.52 Å². The van der Waals surface area contributed by atoms with Crippen LogP contribution in [0.2, 0.25) is 0 Å². The predicted molar refractivity (Wildman–Crippen MR) is 97.9 cm³/mol. The molecule has 25 heavy (non-hydrogen) atoms. The zero-order valence-electron chi connectivity index (χ0n) is 15.5. The van der Waals surface area contributed by atoms with Crippen molar-refractivity contribution in [1.29, 1.82) is 0 Å². The van der Waals surface area contributed by atoms with Crippen molar-refractivity contribution in [3.8, 4) is 0 Å². The maximum Gasteiger partial charge on any atom is 0.221 e. The number of pyridine rings is 1. The van der Waals surface area contributed by atoms with Gasteiger partial charge in [-0.25, -0.2) is 9.97 Å². The first-order chi connectivity index (χ1) is 11.8. The van der Waals surface area contributed by atoms with Gasteiger partial charge in [-0.1, -0.05) is 27.7 Å². The van der Waals surface area contributed by atoms with E-state index in [9.17, 15) is 4.79 Å². The molecule has 0 saturated carbocycles. The van der Waals surface area contributed by atoms with Crippen LogP contribution in [0, 0.1) is 11.3 Å². The van der Waals surface area contributed by atoms with Crippen molar-refractivity contribution in [2.45, 2.75) is 46.1 Å². The van der Waals surface area contributed by atoms with Crippen molar-refractivity contribution >= 4 is 17.1 Å². The van der Waals surface area contributed by atoms with Gasteiger partial charge in [0.05, 0.1) is 5.54 Å². The lowest BCUT2D eigenvalue weighted by atomic mass is 9.78. The van der Waals surface area contributed by atoms with Gasteiger partial charge >= 0.3 is 0 Å². The Hall–Kier alpha value is -2.08. The van der Waals surface area contributed by atoms with Crippen molar-refractivity contribution in [3.63, 3.8) is 0 Å². The molecule has 3 rings (SSSR count). The number of carbonyl (C=O) groups excluding carboxylic acids is 1. The molecule has 2 N–H and O–H groups in total. The molecule has 0 spiro atoms. The molecule has 1 aliphatic rings. The molecule has 3 heterocycles. The van der Waals surface area contributed by atoms with Gasteiger partial charge in [-0.15, -0.1) is 0 Å². The van der Waals surface area contributed by atoms with Crippen molar-refractivity contribution in [1.82, 2.24) is 25.6 Å². The molecule has 1 fully saturated rings. The summed E-state index contributed by atoms with van der Waals surface area (Å²) in [5.41, 5.74) is 1.82. The van der Waals surface area contributed by atoms with Gasteiger partial charge in [-0.05, 0) is 30.4 Å². The van der Waals surface area contributed by atoms with Gasteiger partial charge in [0.2, 0.25) is 5.91 Å². The minimum Gasteiger partial charge on any atom is -0.345 e. The van der Waals surface area contributed by atoms with Gasteiger partial charge in [0.25, 0.3) is 0 Å². The molecule has 134 valence electrons. The highest BCUT2D eigenvalue weighted by molar-refractivity contribution is 5.80. The maximum absolute atomic E-state index is 12.8. The number of hydrogen-bond donors (Lipinski definition) is 2. The lowest BCUT2D eigenvalue weighted by Gasteiger charge is -2.42. The molecule has 0 radical (unpaired) electrons. The number of nitrogens with zero attached hydrogens (tertiary/aromatic N) is 3. The summed E-state index contributed by atoms with van der Waals surface area (Å²) >= 11 is 0. The Morgan fingerprint density at radius 3 is 2.72 bits per heavy atom. The molecule has 2 atom stereocenters. The van der Waals surface area contributed by atoms with Crippen molar-refractivity contribution in [2.75, 3.05) is 13.1 Å². The summed E-state index contributed by atoms with van der Waals surface area (Å²) in [7, 11) is 0. The second-order valence-electron chi connectivity index (χ2n) is 8.39. The molecule has 0 unspecified atom stereocenters. The molecule has 1 aliphatic heterocycles. The first-order valence-electron chi connectivity index (χ1n) is 8.87. The SMILES string of the molecule is C[C@@H]1CNC[C@](NC(=O)CC(C)(C)C)(c2ccnc3nccnc23)C1. The van der Waals surface area contributed by atoms with Crippen LogP contribution in [0.4, 0.5) is 0 Å². The third kappa shape index (κ3) is 3.95. The molecule has 2 aromatic rings. The minimum absolute atomic E-state index is 0.0564. The van der Waals surface area contributed by atoms with E-state index in [4.69, 9.17) is 0 Å². The van der Waals surface area contributed by atoms with Crippen LogP contribution in [0.15, 0.2) is 24.7 Å². The summed E-state index contributed by atoms with van der Waals surface area (Å²) < 4.78 is 0. The van der Waals surface area contributed by atoms with Gasteiger partial charge < -0.3 is 10.6 Å². The van der Waals surface area contributed by atoms with E-state index in [1.165, 1.54) is 0 Å². The van der Waals surface area contributed by atoms with Gasteiger partial charge in [-0.3, -0.25) is 9.78 Å². The van der Waals surface area contributed by atoms with Crippen LogP contribution < -0.4 is 10.6 Å². The Morgan fingerprint density at radius 2 is 2.00 bits per heavy atom. The summed E-state index contributed by atoms with van der Waals surface area (Å²) in [5.74, 6) is 0.515. The lowest BCUT2D eigenvalue weighted by Crippen LogP contribution is -2.57. The summed E-state index contributed by atoms with van der Waals surface area (Å²) in [5, 5.41) is 6.80. The van der Waals surface area contributed by atoms with Crippen LogP contribution in [0.25, 0.3) is 11.2 Å². The van der Waals surface area contributed by atoms with E-state index in [2.05, 4.69) is 53.3 Å². The van der Waals surface area contributed by atoms with Crippen molar-refractivity contribution in [3.05, 3.63) is 30.2 Å². The Labute approximate surface area is 148 Å². The quantitative estimate of drug-likeness (QED) is 0.896. The van der Waals surface area contributed by atoms with Crippen LogP contribution in [0.3, 0.4) is 0 Å². The fraction of sp³-hybridized carbons (Fsp3) is 0.579. The smallest absolute Gasteiger partial charge is 0.221 e. The number of hydrogen-bond acceptors (Lipinski definition) is 5. The standard InChI is InChI=1S/C19H27N5O/c1-13-9-19(12-20-11-13,24-15(25)10-18(2,3)4)14-5-6-22-17-16(14)21-7-8-23-17/h5-8,13,20H,9-12H2,1-4H3,(H,24,25)/t13-,19-/m0/s1. The lowest BCUT2D eigenvalue weighted by molar-refractivity contribution is -0.125. The topological polar surface area (TPSA) is 79.8 Å². The molecule has 0 aliphatic carbocycles. The first kappa shape index (κ1) is 17.7. The van der Waals surface area contributed by atoms with Crippen LogP contribution >= 0.6 is 0 Å². The molecule has 6 heteroatoms. The maximum atomic E-state index is 12.8. The molecular weight excluding hydrogens is 314 g/mol.